The van der Waals surface area contributed by atoms with Crippen LogP contribution in [-0.4, -0.2) is 13.3 Å². The van der Waals surface area contributed by atoms with Crippen LogP contribution in [0.3, 0.4) is 0 Å². The number of nitrogens with one attached hydrogen (secondary N) is 1. The molecular weight excluding hydrogens is 405 g/mol. The molecule has 1 aliphatic rings. The Balaban J connectivity index is 0.00000240. The average Bonchev–Trinajstić information content (AvgIpc) is 3.20. The van der Waals surface area contributed by atoms with Crippen molar-refractivity contribution in [3.05, 3.63) is 94.5 Å². The highest BCUT2D eigenvalue weighted by Gasteiger charge is 2.18. The molecule has 3 aromatic carbocycles. The van der Waals surface area contributed by atoms with Crippen molar-refractivity contribution in [1.29, 1.82) is 0 Å². The van der Waals surface area contributed by atoms with E-state index in [9.17, 15) is 0 Å². The highest BCUT2D eigenvalue weighted by molar-refractivity contribution is 6.30. The molecule has 0 fully saturated rings. The van der Waals surface area contributed by atoms with Crippen molar-refractivity contribution in [3.8, 4) is 11.5 Å². The van der Waals surface area contributed by atoms with Crippen LogP contribution >= 0.6 is 24.0 Å². The van der Waals surface area contributed by atoms with E-state index in [-0.39, 0.29) is 12.4 Å². The summed E-state index contributed by atoms with van der Waals surface area (Å²) in [5.74, 6) is 2.10. The SMILES string of the molecule is Cl.Clc1ccc(CNCCC(Cc2ccccc2)c2ccc3c(c2)OCO3)cc1. The van der Waals surface area contributed by atoms with Crippen LogP contribution in [0.15, 0.2) is 72.8 Å². The molecule has 1 atom stereocenters. The summed E-state index contributed by atoms with van der Waals surface area (Å²) in [4.78, 5) is 0. The Morgan fingerprint density at radius 1 is 0.862 bits per heavy atom. The molecule has 1 heterocycles. The third-order valence-electron chi connectivity index (χ3n) is 5.10. The Hall–Kier alpha value is -2.20. The topological polar surface area (TPSA) is 30.5 Å². The third kappa shape index (κ3) is 5.89. The van der Waals surface area contributed by atoms with E-state index >= 15 is 0 Å². The predicted molar refractivity (Wildman–Crippen MR) is 120 cm³/mol. The molecule has 1 aliphatic heterocycles. The van der Waals surface area contributed by atoms with Gasteiger partial charge in [-0.25, -0.2) is 0 Å². The zero-order valence-electron chi connectivity index (χ0n) is 16.1. The Morgan fingerprint density at radius 3 is 2.41 bits per heavy atom. The lowest BCUT2D eigenvalue weighted by molar-refractivity contribution is 0.174. The second kappa shape index (κ2) is 10.5. The molecule has 0 bridgehead atoms. The van der Waals surface area contributed by atoms with Gasteiger partial charge in [0.2, 0.25) is 6.79 Å². The van der Waals surface area contributed by atoms with Gasteiger partial charge in [-0.05, 0) is 66.3 Å². The lowest BCUT2D eigenvalue weighted by atomic mass is 9.89. The van der Waals surface area contributed by atoms with E-state index in [0.717, 1.165) is 42.5 Å². The maximum Gasteiger partial charge on any atom is 0.231 e. The Morgan fingerprint density at radius 2 is 1.62 bits per heavy atom. The second-order valence-corrected chi connectivity index (χ2v) is 7.53. The van der Waals surface area contributed by atoms with Crippen LogP contribution in [-0.2, 0) is 13.0 Å². The highest BCUT2D eigenvalue weighted by atomic mass is 35.5. The van der Waals surface area contributed by atoms with Crippen molar-refractivity contribution >= 4 is 24.0 Å². The molecule has 0 radical (unpaired) electrons. The zero-order valence-corrected chi connectivity index (χ0v) is 17.7. The smallest absolute Gasteiger partial charge is 0.231 e. The zero-order chi connectivity index (χ0) is 19.2. The highest BCUT2D eigenvalue weighted by Crippen LogP contribution is 2.36. The summed E-state index contributed by atoms with van der Waals surface area (Å²) >= 11 is 5.96. The van der Waals surface area contributed by atoms with Gasteiger partial charge in [0, 0.05) is 11.6 Å². The van der Waals surface area contributed by atoms with Crippen molar-refractivity contribution < 1.29 is 9.47 Å². The Labute approximate surface area is 183 Å². The van der Waals surface area contributed by atoms with Crippen LogP contribution in [0, 0.1) is 0 Å². The normalized spacial score (nSPS) is 13.0. The van der Waals surface area contributed by atoms with E-state index in [0.29, 0.717) is 12.7 Å². The van der Waals surface area contributed by atoms with E-state index in [1.165, 1.54) is 16.7 Å². The van der Waals surface area contributed by atoms with E-state index < -0.39 is 0 Å². The van der Waals surface area contributed by atoms with Gasteiger partial charge in [0.1, 0.15) is 0 Å². The van der Waals surface area contributed by atoms with Crippen LogP contribution in [0.5, 0.6) is 11.5 Å². The van der Waals surface area contributed by atoms with E-state index in [4.69, 9.17) is 21.1 Å². The summed E-state index contributed by atoms with van der Waals surface area (Å²) in [6.45, 7) is 2.09. The largest absolute Gasteiger partial charge is 0.454 e. The number of benzene rings is 3. The molecule has 29 heavy (non-hydrogen) atoms. The fourth-order valence-corrected chi connectivity index (χ4v) is 3.69. The van der Waals surface area contributed by atoms with Crippen LogP contribution < -0.4 is 14.8 Å². The van der Waals surface area contributed by atoms with Gasteiger partial charge in [0.05, 0.1) is 0 Å². The van der Waals surface area contributed by atoms with Gasteiger partial charge >= 0.3 is 0 Å². The lowest BCUT2D eigenvalue weighted by Crippen LogP contribution is -2.18. The second-order valence-electron chi connectivity index (χ2n) is 7.09. The summed E-state index contributed by atoms with van der Waals surface area (Å²) in [7, 11) is 0. The van der Waals surface area contributed by atoms with E-state index in [1.807, 2.05) is 18.2 Å². The molecule has 0 spiro atoms. The van der Waals surface area contributed by atoms with Gasteiger partial charge in [-0.2, -0.15) is 0 Å². The first kappa shape index (κ1) is 21.5. The first-order valence-corrected chi connectivity index (χ1v) is 10.0. The molecule has 0 aliphatic carbocycles. The minimum Gasteiger partial charge on any atom is -0.454 e. The number of rotatable bonds is 8. The monoisotopic (exact) mass is 429 g/mol. The first-order valence-electron chi connectivity index (χ1n) is 9.66. The number of fused-ring (bicyclic) bond motifs is 1. The van der Waals surface area contributed by atoms with Crippen LogP contribution in [0.25, 0.3) is 0 Å². The molecule has 3 aromatic rings. The molecule has 1 unspecified atom stereocenters. The third-order valence-corrected chi connectivity index (χ3v) is 5.36. The number of hydrogen-bond donors (Lipinski definition) is 1. The van der Waals surface area contributed by atoms with Gasteiger partial charge in [-0.15, -0.1) is 12.4 Å². The molecule has 3 nitrogen and oxygen atoms in total. The van der Waals surface area contributed by atoms with Gasteiger partial charge in [0.25, 0.3) is 0 Å². The van der Waals surface area contributed by atoms with Crippen molar-refractivity contribution in [2.75, 3.05) is 13.3 Å². The van der Waals surface area contributed by atoms with Gasteiger partial charge < -0.3 is 14.8 Å². The summed E-state index contributed by atoms with van der Waals surface area (Å²) < 4.78 is 11.0. The summed E-state index contributed by atoms with van der Waals surface area (Å²) in [6, 6.07) is 25.0. The molecule has 4 rings (SSSR count). The summed E-state index contributed by atoms with van der Waals surface area (Å²) in [6.07, 6.45) is 2.05. The molecule has 0 saturated carbocycles. The standard InChI is InChI=1S/C24H24ClNO2.ClH/c25-22-9-6-19(7-10-22)16-26-13-12-21(14-18-4-2-1-3-5-18)20-8-11-23-24(15-20)28-17-27-23;/h1-11,15,21,26H,12-14,16-17H2;1H. The summed E-state index contributed by atoms with van der Waals surface area (Å²) in [5, 5.41) is 4.33. The molecule has 0 aromatic heterocycles. The number of hydrogen-bond acceptors (Lipinski definition) is 3. The minimum absolute atomic E-state index is 0. The average molecular weight is 430 g/mol. The van der Waals surface area contributed by atoms with Gasteiger partial charge in [0.15, 0.2) is 11.5 Å². The van der Waals surface area contributed by atoms with Crippen molar-refractivity contribution in [3.63, 3.8) is 0 Å². The predicted octanol–water partition coefficient (Wildman–Crippen LogP) is 6.00. The number of halogens is 2. The van der Waals surface area contributed by atoms with Crippen LogP contribution in [0.1, 0.15) is 29.0 Å². The molecular formula is C24H25Cl2NO2. The fourth-order valence-electron chi connectivity index (χ4n) is 3.56. The first-order chi connectivity index (χ1) is 13.8. The lowest BCUT2D eigenvalue weighted by Gasteiger charge is -2.19. The Kier molecular flexibility index (Phi) is 7.82. The molecule has 1 N–H and O–H groups in total. The van der Waals surface area contributed by atoms with Crippen molar-refractivity contribution in [1.82, 2.24) is 5.32 Å². The molecule has 5 heteroatoms. The maximum atomic E-state index is 5.96. The summed E-state index contributed by atoms with van der Waals surface area (Å²) in [5.41, 5.74) is 3.89. The quantitative estimate of drug-likeness (QED) is 0.445. The van der Waals surface area contributed by atoms with E-state index in [1.54, 1.807) is 0 Å². The van der Waals surface area contributed by atoms with Crippen LogP contribution in [0.4, 0.5) is 0 Å². The maximum absolute atomic E-state index is 5.96. The van der Waals surface area contributed by atoms with Gasteiger partial charge in [-0.3, -0.25) is 0 Å². The fraction of sp³-hybridized carbons (Fsp3) is 0.250. The molecule has 0 amide bonds. The van der Waals surface area contributed by atoms with Gasteiger partial charge in [-0.1, -0.05) is 60.1 Å². The van der Waals surface area contributed by atoms with Crippen molar-refractivity contribution in [2.24, 2.45) is 0 Å². The molecule has 0 saturated heterocycles. The Bertz CT molecular complexity index is 901. The van der Waals surface area contributed by atoms with Crippen molar-refractivity contribution in [2.45, 2.75) is 25.3 Å². The minimum atomic E-state index is 0. The number of ether oxygens (including phenoxy) is 2. The van der Waals surface area contributed by atoms with Crippen LogP contribution in [0.2, 0.25) is 5.02 Å². The molecule has 152 valence electrons. The van der Waals surface area contributed by atoms with E-state index in [2.05, 4.69) is 59.9 Å².